The molecule has 0 saturated carbocycles. The molecule has 0 spiro atoms. The fourth-order valence-corrected chi connectivity index (χ4v) is 2.49. The standard InChI is InChI=1S/C20H20N2O3/c1-3-25-20(24)18(13-15-7-5-4-6-8-15)22(2)19(23)17-11-9-16(14-21)10-12-17/h4-12,18H,3,13H2,1-2H3/t18-/m0/s1. The van der Waals surface area contributed by atoms with Crippen molar-refractivity contribution >= 4 is 11.9 Å². The number of amides is 1. The Labute approximate surface area is 147 Å². The van der Waals surface area contributed by atoms with Gasteiger partial charge in [-0.2, -0.15) is 5.26 Å². The smallest absolute Gasteiger partial charge is 0.329 e. The summed E-state index contributed by atoms with van der Waals surface area (Å²) in [6.07, 6.45) is 0.373. The molecule has 1 amide bonds. The first kappa shape index (κ1) is 18.2. The van der Waals surface area contributed by atoms with Gasteiger partial charge in [-0.05, 0) is 36.8 Å². The molecule has 0 fully saturated rings. The van der Waals surface area contributed by atoms with Gasteiger partial charge in [-0.3, -0.25) is 4.79 Å². The third-order valence-electron chi connectivity index (χ3n) is 3.88. The van der Waals surface area contributed by atoms with Crippen molar-refractivity contribution in [1.29, 1.82) is 5.26 Å². The molecule has 0 heterocycles. The van der Waals surface area contributed by atoms with Gasteiger partial charge >= 0.3 is 5.97 Å². The Morgan fingerprint density at radius 1 is 1.12 bits per heavy atom. The molecule has 128 valence electrons. The maximum absolute atomic E-state index is 12.7. The van der Waals surface area contributed by atoms with Gasteiger partial charge in [0.25, 0.3) is 5.91 Å². The Balaban J connectivity index is 2.23. The second-order valence-electron chi connectivity index (χ2n) is 5.56. The number of hydrogen-bond donors (Lipinski definition) is 0. The van der Waals surface area contributed by atoms with E-state index in [1.807, 2.05) is 36.4 Å². The van der Waals surface area contributed by atoms with Crippen molar-refractivity contribution in [2.24, 2.45) is 0 Å². The highest BCUT2D eigenvalue weighted by atomic mass is 16.5. The van der Waals surface area contributed by atoms with E-state index < -0.39 is 12.0 Å². The molecule has 2 aromatic carbocycles. The molecular formula is C20H20N2O3. The van der Waals surface area contributed by atoms with E-state index in [1.54, 1.807) is 38.2 Å². The number of benzene rings is 2. The third-order valence-corrected chi connectivity index (χ3v) is 3.88. The Kier molecular flexibility index (Phi) is 6.30. The molecule has 5 heteroatoms. The molecule has 2 aromatic rings. The van der Waals surface area contributed by atoms with Crippen LogP contribution in [0, 0.1) is 11.3 Å². The van der Waals surface area contributed by atoms with Crippen LogP contribution in [0.15, 0.2) is 54.6 Å². The van der Waals surface area contributed by atoms with Crippen LogP contribution in [-0.2, 0) is 16.0 Å². The van der Waals surface area contributed by atoms with Crippen molar-refractivity contribution < 1.29 is 14.3 Å². The normalized spacial score (nSPS) is 11.2. The molecule has 0 unspecified atom stereocenters. The summed E-state index contributed by atoms with van der Waals surface area (Å²) in [4.78, 5) is 26.5. The minimum atomic E-state index is -0.717. The molecule has 0 aliphatic heterocycles. The molecule has 0 radical (unpaired) electrons. The molecule has 2 rings (SSSR count). The van der Waals surface area contributed by atoms with Gasteiger partial charge in [0.05, 0.1) is 18.2 Å². The largest absolute Gasteiger partial charge is 0.464 e. The highest BCUT2D eigenvalue weighted by molar-refractivity contribution is 5.96. The van der Waals surface area contributed by atoms with Crippen molar-refractivity contribution in [3.63, 3.8) is 0 Å². The molecule has 5 nitrogen and oxygen atoms in total. The van der Waals surface area contributed by atoms with E-state index in [1.165, 1.54) is 4.90 Å². The number of carbonyl (C=O) groups excluding carboxylic acids is 2. The van der Waals surface area contributed by atoms with Crippen LogP contribution in [0.3, 0.4) is 0 Å². The SMILES string of the molecule is CCOC(=O)[C@H](Cc1ccccc1)N(C)C(=O)c1ccc(C#N)cc1. The molecular weight excluding hydrogens is 316 g/mol. The summed E-state index contributed by atoms with van der Waals surface area (Å²) in [5, 5.41) is 8.85. The van der Waals surface area contributed by atoms with Gasteiger partial charge in [0.15, 0.2) is 0 Å². The van der Waals surface area contributed by atoms with E-state index in [0.717, 1.165) is 5.56 Å². The maximum atomic E-state index is 12.7. The van der Waals surface area contributed by atoms with Crippen molar-refractivity contribution in [3.05, 3.63) is 71.3 Å². The van der Waals surface area contributed by atoms with Gasteiger partial charge in [-0.25, -0.2) is 4.79 Å². The topological polar surface area (TPSA) is 70.4 Å². The fraction of sp³-hybridized carbons (Fsp3) is 0.250. The lowest BCUT2D eigenvalue weighted by molar-refractivity contribution is -0.148. The monoisotopic (exact) mass is 336 g/mol. The quantitative estimate of drug-likeness (QED) is 0.761. The van der Waals surface area contributed by atoms with E-state index in [9.17, 15) is 9.59 Å². The van der Waals surface area contributed by atoms with Crippen LogP contribution in [0.1, 0.15) is 28.4 Å². The fourth-order valence-electron chi connectivity index (χ4n) is 2.49. The van der Waals surface area contributed by atoms with Crippen LogP contribution >= 0.6 is 0 Å². The maximum Gasteiger partial charge on any atom is 0.329 e. The van der Waals surface area contributed by atoms with Gasteiger partial charge in [0.2, 0.25) is 0 Å². The number of likely N-dealkylation sites (N-methyl/N-ethyl adjacent to an activating group) is 1. The van der Waals surface area contributed by atoms with E-state index in [4.69, 9.17) is 10.00 Å². The lowest BCUT2D eigenvalue weighted by Crippen LogP contribution is -2.44. The Morgan fingerprint density at radius 2 is 1.76 bits per heavy atom. The lowest BCUT2D eigenvalue weighted by Gasteiger charge is -2.26. The third kappa shape index (κ3) is 4.67. The molecule has 0 aliphatic carbocycles. The van der Waals surface area contributed by atoms with Gasteiger partial charge in [-0.1, -0.05) is 30.3 Å². The lowest BCUT2D eigenvalue weighted by atomic mass is 10.0. The summed E-state index contributed by atoms with van der Waals surface area (Å²) in [5.74, 6) is -0.727. The number of esters is 1. The number of carbonyl (C=O) groups is 2. The molecule has 0 N–H and O–H groups in total. The van der Waals surface area contributed by atoms with Crippen molar-refractivity contribution in [3.8, 4) is 6.07 Å². The number of ether oxygens (including phenoxy) is 1. The molecule has 1 atom stereocenters. The van der Waals surface area contributed by atoms with Crippen molar-refractivity contribution in [1.82, 2.24) is 4.90 Å². The first-order chi connectivity index (χ1) is 12.1. The van der Waals surface area contributed by atoms with Crippen LogP contribution in [-0.4, -0.2) is 36.5 Å². The molecule has 25 heavy (non-hydrogen) atoms. The zero-order valence-corrected chi connectivity index (χ0v) is 14.3. The van der Waals surface area contributed by atoms with Gasteiger partial charge in [-0.15, -0.1) is 0 Å². The van der Waals surface area contributed by atoms with Crippen molar-refractivity contribution in [2.45, 2.75) is 19.4 Å². The van der Waals surface area contributed by atoms with E-state index in [-0.39, 0.29) is 12.5 Å². The summed E-state index contributed by atoms with van der Waals surface area (Å²) >= 11 is 0. The minimum Gasteiger partial charge on any atom is -0.464 e. The first-order valence-electron chi connectivity index (χ1n) is 8.04. The van der Waals surface area contributed by atoms with Crippen molar-refractivity contribution in [2.75, 3.05) is 13.7 Å². The van der Waals surface area contributed by atoms with Gasteiger partial charge < -0.3 is 9.64 Å². The number of rotatable bonds is 6. The second kappa shape index (κ2) is 8.65. The first-order valence-corrected chi connectivity index (χ1v) is 8.04. The van der Waals surface area contributed by atoms with Crippen LogP contribution in [0.25, 0.3) is 0 Å². The van der Waals surface area contributed by atoms with Crippen LogP contribution in [0.5, 0.6) is 0 Å². The number of nitriles is 1. The minimum absolute atomic E-state index is 0.253. The molecule has 0 bridgehead atoms. The predicted molar refractivity (Wildman–Crippen MR) is 93.8 cm³/mol. The Bertz CT molecular complexity index is 764. The summed E-state index contributed by atoms with van der Waals surface area (Å²) in [6, 6.07) is 17.1. The summed E-state index contributed by atoms with van der Waals surface area (Å²) in [6.45, 7) is 1.99. The summed E-state index contributed by atoms with van der Waals surface area (Å²) in [7, 11) is 1.59. The molecule has 0 aromatic heterocycles. The zero-order chi connectivity index (χ0) is 18.2. The average molecular weight is 336 g/mol. The van der Waals surface area contributed by atoms with Gasteiger partial charge in [0, 0.05) is 19.0 Å². The highest BCUT2D eigenvalue weighted by Crippen LogP contribution is 2.14. The van der Waals surface area contributed by atoms with E-state index in [2.05, 4.69) is 0 Å². The Morgan fingerprint density at radius 3 is 2.32 bits per heavy atom. The van der Waals surface area contributed by atoms with Crippen LogP contribution in [0.4, 0.5) is 0 Å². The van der Waals surface area contributed by atoms with Gasteiger partial charge in [0.1, 0.15) is 6.04 Å². The number of nitrogens with zero attached hydrogens (tertiary/aromatic N) is 2. The van der Waals surface area contributed by atoms with E-state index >= 15 is 0 Å². The van der Waals surface area contributed by atoms with Crippen LogP contribution < -0.4 is 0 Å². The molecule has 0 saturated heterocycles. The zero-order valence-electron chi connectivity index (χ0n) is 14.3. The predicted octanol–water partition coefficient (Wildman–Crippen LogP) is 2.80. The Hall–Kier alpha value is -3.13. The van der Waals surface area contributed by atoms with E-state index in [0.29, 0.717) is 17.5 Å². The van der Waals surface area contributed by atoms with Crippen LogP contribution in [0.2, 0.25) is 0 Å². The summed E-state index contributed by atoms with van der Waals surface area (Å²) in [5.41, 5.74) is 1.84. The average Bonchev–Trinajstić information content (AvgIpc) is 2.66. The number of hydrogen-bond acceptors (Lipinski definition) is 4. The highest BCUT2D eigenvalue weighted by Gasteiger charge is 2.29. The summed E-state index contributed by atoms with van der Waals surface area (Å²) < 4.78 is 5.14. The second-order valence-corrected chi connectivity index (χ2v) is 5.56. The molecule has 0 aliphatic rings.